The van der Waals surface area contributed by atoms with Crippen LogP contribution in [0, 0.1) is 5.92 Å². The number of nitrogens with one attached hydrogen (secondary N) is 2. The fraction of sp³-hybridized carbons (Fsp3) is 0.667. The SMILES string of the molecule is CCCCCNC(=O)C(c1cccc(O)c1)N(CCC)C(=O)C(NC(=O)OC(C)(C)C)C(C)CC. The van der Waals surface area contributed by atoms with Gasteiger partial charge in [-0.3, -0.25) is 9.59 Å². The molecule has 0 saturated carbocycles. The Morgan fingerprint density at radius 3 is 2.31 bits per heavy atom. The van der Waals surface area contributed by atoms with Gasteiger partial charge < -0.3 is 25.4 Å². The number of ether oxygens (including phenoxy) is 1. The molecule has 3 N–H and O–H groups in total. The number of benzene rings is 1. The van der Waals surface area contributed by atoms with Crippen molar-refractivity contribution in [3.8, 4) is 5.75 Å². The predicted molar refractivity (Wildman–Crippen MR) is 138 cm³/mol. The number of hydrogen-bond acceptors (Lipinski definition) is 5. The van der Waals surface area contributed by atoms with Crippen LogP contribution in [0.15, 0.2) is 24.3 Å². The van der Waals surface area contributed by atoms with Gasteiger partial charge in [-0.05, 0) is 57.2 Å². The van der Waals surface area contributed by atoms with Crippen molar-refractivity contribution in [1.82, 2.24) is 15.5 Å². The standard InChI is InChI=1S/C27H45N3O5/c1-8-11-12-16-28-24(32)23(20-14-13-15-21(31)18-20)30(17-9-2)25(33)22(19(4)10-3)29-26(34)35-27(5,6)7/h13-15,18-19,22-23,31H,8-12,16-17H2,1-7H3,(H,28,32)(H,29,34). The molecule has 35 heavy (non-hydrogen) atoms. The summed E-state index contributed by atoms with van der Waals surface area (Å²) in [5, 5.41) is 15.8. The largest absolute Gasteiger partial charge is 0.508 e. The molecule has 8 nitrogen and oxygen atoms in total. The summed E-state index contributed by atoms with van der Waals surface area (Å²) in [7, 11) is 0. The Balaban J connectivity index is 3.37. The van der Waals surface area contributed by atoms with Gasteiger partial charge in [-0.2, -0.15) is 0 Å². The highest BCUT2D eigenvalue weighted by Gasteiger charge is 2.37. The first kappa shape index (κ1) is 30.3. The van der Waals surface area contributed by atoms with E-state index in [0.29, 0.717) is 31.5 Å². The van der Waals surface area contributed by atoms with Crippen LogP contribution in [0.25, 0.3) is 0 Å². The number of phenolic OH excluding ortho intramolecular Hbond substituents is 1. The minimum atomic E-state index is -0.942. The Hall–Kier alpha value is -2.77. The van der Waals surface area contributed by atoms with Gasteiger partial charge in [0.05, 0.1) is 0 Å². The van der Waals surface area contributed by atoms with Crippen molar-refractivity contribution in [2.45, 2.75) is 98.3 Å². The van der Waals surface area contributed by atoms with E-state index in [4.69, 9.17) is 4.74 Å². The lowest BCUT2D eigenvalue weighted by atomic mass is 9.95. The molecule has 0 aliphatic carbocycles. The van der Waals surface area contributed by atoms with E-state index in [1.165, 1.54) is 17.0 Å². The van der Waals surface area contributed by atoms with E-state index in [9.17, 15) is 19.5 Å². The first-order chi connectivity index (χ1) is 16.4. The molecule has 0 aliphatic rings. The fourth-order valence-corrected chi connectivity index (χ4v) is 3.75. The molecule has 1 aromatic carbocycles. The molecule has 0 heterocycles. The van der Waals surface area contributed by atoms with E-state index in [1.54, 1.807) is 32.9 Å². The van der Waals surface area contributed by atoms with Crippen molar-refractivity contribution in [2.75, 3.05) is 13.1 Å². The third kappa shape index (κ3) is 10.2. The number of aromatic hydroxyl groups is 1. The van der Waals surface area contributed by atoms with Gasteiger partial charge in [0.2, 0.25) is 11.8 Å². The van der Waals surface area contributed by atoms with Crippen LogP contribution in [-0.4, -0.2) is 52.6 Å². The lowest BCUT2D eigenvalue weighted by Gasteiger charge is -2.36. The lowest BCUT2D eigenvalue weighted by molar-refractivity contribution is -0.143. The molecular formula is C27H45N3O5. The highest BCUT2D eigenvalue weighted by Crippen LogP contribution is 2.27. The zero-order valence-corrected chi connectivity index (χ0v) is 22.5. The number of carbonyl (C=O) groups is 3. The molecule has 3 unspecified atom stereocenters. The van der Waals surface area contributed by atoms with E-state index >= 15 is 0 Å². The van der Waals surface area contributed by atoms with Gasteiger partial charge in [0.25, 0.3) is 0 Å². The van der Waals surface area contributed by atoms with E-state index < -0.39 is 23.8 Å². The number of alkyl carbamates (subject to hydrolysis) is 1. The molecule has 8 heteroatoms. The van der Waals surface area contributed by atoms with Crippen LogP contribution in [0.1, 0.15) is 92.2 Å². The molecule has 1 rings (SSSR count). The Labute approximate surface area is 210 Å². The molecule has 0 radical (unpaired) electrons. The number of unbranched alkanes of at least 4 members (excludes halogenated alkanes) is 2. The summed E-state index contributed by atoms with van der Waals surface area (Å²) in [6, 6.07) is 4.61. The molecule has 0 fully saturated rings. The normalized spacial score (nSPS) is 13.9. The molecule has 0 aromatic heterocycles. The maximum absolute atomic E-state index is 13.9. The quantitative estimate of drug-likeness (QED) is 0.340. The summed E-state index contributed by atoms with van der Waals surface area (Å²) in [6.45, 7) is 13.9. The topological polar surface area (TPSA) is 108 Å². The van der Waals surface area contributed by atoms with E-state index in [0.717, 1.165) is 19.3 Å². The molecule has 1 aromatic rings. The Bertz CT molecular complexity index is 821. The minimum absolute atomic E-state index is 0.0144. The Morgan fingerprint density at radius 1 is 1.09 bits per heavy atom. The van der Waals surface area contributed by atoms with Gasteiger partial charge >= 0.3 is 6.09 Å². The number of phenols is 1. The smallest absolute Gasteiger partial charge is 0.408 e. The molecule has 198 valence electrons. The molecule has 3 amide bonds. The summed E-state index contributed by atoms with van der Waals surface area (Å²) in [5.74, 6) is -0.842. The minimum Gasteiger partial charge on any atom is -0.508 e. The summed E-state index contributed by atoms with van der Waals surface area (Å²) in [4.78, 5) is 41.4. The van der Waals surface area contributed by atoms with Crippen LogP contribution >= 0.6 is 0 Å². The first-order valence-electron chi connectivity index (χ1n) is 12.8. The van der Waals surface area contributed by atoms with Crippen molar-refractivity contribution in [2.24, 2.45) is 5.92 Å². The van der Waals surface area contributed by atoms with Crippen LogP contribution < -0.4 is 10.6 Å². The van der Waals surface area contributed by atoms with Crippen LogP contribution in [0.4, 0.5) is 4.79 Å². The second-order valence-corrected chi connectivity index (χ2v) is 10.0. The number of rotatable bonds is 13. The summed E-state index contributed by atoms with van der Waals surface area (Å²) in [6.07, 6.45) is 3.44. The second kappa shape index (κ2) is 14.6. The van der Waals surface area contributed by atoms with Gasteiger partial charge in [-0.25, -0.2) is 4.79 Å². The average molecular weight is 492 g/mol. The van der Waals surface area contributed by atoms with Crippen LogP contribution in [0.2, 0.25) is 0 Å². The zero-order chi connectivity index (χ0) is 26.6. The lowest BCUT2D eigenvalue weighted by Crippen LogP contribution is -2.55. The van der Waals surface area contributed by atoms with Gasteiger partial charge in [-0.1, -0.05) is 59.1 Å². The maximum atomic E-state index is 13.9. The van der Waals surface area contributed by atoms with Crippen molar-refractivity contribution in [3.63, 3.8) is 0 Å². The molecule has 3 atom stereocenters. The van der Waals surface area contributed by atoms with E-state index in [1.807, 2.05) is 20.8 Å². The fourth-order valence-electron chi connectivity index (χ4n) is 3.75. The Morgan fingerprint density at radius 2 is 1.77 bits per heavy atom. The number of amides is 3. The van der Waals surface area contributed by atoms with Gasteiger partial charge in [-0.15, -0.1) is 0 Å². The van der Waals surface area contributed by atoms with E-state index in [2.05, 4.69) is 17.6 Å². The number of hydrogen-bond donors (Lipinski definition) is 3. The maximum Gasteiger partial charge on any atom is 0.408 e. The molecule has 0 aliphatic heterocycles. The van der Waals surface area contributed by atoms with Crippen molar-refractivity contribution >= 4 is 17.9 Å². The average Bonchev–Trinajstić information content (AvgIpc) is 2.78. The monoisotopic (exact) mass is 491 g/mol. The van der Waals surface area contributed by atoms with Crippen LogP contribution in [-0.2, 0) is 14.3 Å². The van der Waals surface area contributed by atoms with E-state index in [-0.39, 0.29) is 23.5 Å². The molecule has 0 saturated heterocycles. The summed E-state index contributed by atoms with van der Waals surface area (Å²) >= 11 is 0. The first-order valence-corrected chi connectivity index (χ1v) is 12.8. The second-order valence-electron chi connectivity index (χ2n) is 10.0. The molecule has 0 bridgehead atoms. The highest BCUT2D eigenvalue weighted by molar-refractivity contribution is 5.92. The predicted octanol–water partition coefficient (Wildman–Crippen LogP) is 4.92. The van der Waals surface area contributed by atoms with Gasteiger partial charge in [0.15, 0.2) is 0 Å². The Kier molecular flexibility index (Phi) is 12.6. The summed E-state index contributed by atoms with van der Waals surface area (Å²) < 4.78 is 5.40. The number of nitrogens with zero attached hydrogens (tertiary/aromatic N) is 1. The third-order valence-electron chi connectivity index (χ3n) is 5.72. The van der Waals surface area contributed by atoms with Crippen LogP contribution in [0.3, 0.4) is 0 Å². The van der Waals surface area contributed by atoms with Crippen LogP contribution in [0.5, 0.6) is 5.75 Å². The molecule has 0 spiro atoms. The van der Waals surface area contributed by atoms with Crippen molar-refractivity contribution in [3.05, 3.63) is 29.8 Å². The third-order valence-corrected chi connectivity index (χ3v) is 5.72. The summed E-state index contributed by atoms with van der Waals surface area (Å²) in [5.41, 5.74) is -0.196. The molecular weight excluding hydrogens is 446 g/mol. The van der Waals surface area contributed by atoms with Crippen molar-refractivity contribution < 1.29 is 24.2 Å². The highest BCUT2D eigenvalue weighted by atomic mass is 16.6. The number of carbonyl (C=O) groups excluding carboxylic acids is 3. The van der Waals surface area contributed by atoms with Crippen molar-refractivity contribution in [1.29, 1.82) is 0 Å². The zero-order valence-electron chi connectivity index (χ0n) is 22.5. The van der Waals surface area contributed by atoms with Gasteiger partial charge in [0.1, 0.15) is 23.4 Å². The van der Waals surface area contributed by atoms with Gasteiger partial charge in [0, 0.05) is 13.1 Å².